The van der Waals surface area contributed by atoms with Gasteiger partial charge in [-0.25, -0.2) is 10.8 Å². The zero-order valence-corrected chi connectivity index (χ0v) is 12.2. The lowest BCUT2D eigenvalue weighted by atomic mass is 10.0. The van der Waals surface area contributed by atoms with Gasteiger partial charge in [-0.05, 0) is 29.0 Å². The van der Waals surface area contributed by atoms with E-state index in [4.69, 9.17) is 5.84 Å². The second kappa shape index (κ2) is 5.23. The Morgan fingerprint density at radius 2 is 1.87 bits per heavy atom. The number of carbonyl (C=O) groups excluding carboxylic acids is 1. The van der Waals surface area contributed by atoms with Gasteiger partial charge in [0.25, 0.3) is 5.91 Å². The smallest absolute Gasteiger partial charge is 0.265 e. The summed E-state index contributed by atoms with van der Waals surface area (Å²) >= 11 is 0. The van der Waals surface area contributed by atoms with Crippen LogP contribution in [0.1, 0.15) is 10.4 Å². The van der Waals surface area contributed by atoms with E-state index in [9.17, 15) is 4.79 Å². The summed E-state index contributed by atoms with van der Waals surface area (Å²) in [5.74, 6) is 5.64. The first kappa shape index (κ1) is 13.5. The highest BCUT2D eigenvalue weighted by Gasteiger charge is 2.11. The van der Waals surface area contributed by atoms with Gasteiger partial charge < -0.3 is 4.98 Å². The molecule has 23 heavy (non-hydrogen) atoms. The summed E-state index contributed by atoms with van der Waals surface area (Å²) in [7, 11) is 0. The van der Waals surface area contributed by atoms with Crippen molar-refractivity contribution in [1.82, 2.24) is 15.4 Å². The molecule has 0 aliphatic carbocycles. The number of H-pyrrole nitrogens is 1. The molecule has 0 saturated heterocycles. The number of hydrazine groups is 1. The Labute approximate surface area is 132 Å². The zero-order valence-electron chi connectivity index (χ0n) is 12.2. The number of amides is 1. The van der Waals surface area contributed by atoms with Crippen LogP contribution in [0.5, 0.6) is 0 Å². The summed E-state index contributed by atoms with van der Waals surface area (Å²) in [6.07, 6.45) is 0. The Kier molecular flexibility index (Phi) is 3.06. The number of benzene rings is 3. The van der Waals surface area contributed by atoms with Crippen molar-refractivity contribution in [3.63, 3.8) is 0 Å². The first-order valence-corrected chi connectivity index (χ1v) is 7.25. The Morgan fingerprint density at radius 1 is 1.04 bits per heavy atom. The third-order valence-electron chi connectivity index (χ3n) is 3.92. The highest BCUT2D eigenvalue weighted by molar-refractivity contribution is 5.99. The number of nitrogen functional groups attached to an aromatic ring is 1. The first-order chi connectivity index (χ1) is 11.3. The Morgan fingerprint density at radius 3 is 2.74 bits per heavy atom. The molecule has 0 aliphatic heterocycles. The summed E-state index contributed by atoms with van der Waals surface area (Å²) in [6.45, 7) is 0. The van der Waals surface area contributed by atoms with Crippen molar-refractivity contribution >= 4 is 27.7 Å². The van der Waals surface area contributed by atoms with Crippen LogP contribution >= 0.6 is 0 Å². The van der Waals surface area contributed by atoms with Crippen LogP contribution in [-0.4, -0.2) is 15.9 Å². The third-order valence-corrected chi connectivity index (χ3v) is 3.92. The van der Waals surface area contributed by atoms with Crippen molar-refractivity contribution < 1.29 is 4.79 Å². The quantitative estimate of drug-likeness (QED) is 0.302. The number of nitrogens with one attached hydrogen (secondary N) is 2. The number of imidazole rings is 1. The van der Waals surface area contributed by atoms with Crippen LogP contribution < -0.4 is 11.3 Å². The standard InChI is InChI=1S/C18H14N4O/c19-22-18(23)12-8-9-15-16(10-12)21-17(20-15)14-7-3-5-11-4-1-2-6-13(11)14/h1-10H,19H2,(H,20,21)(H,22,23). The van der Waals surface area contributed by atoms with Gasteiger partial charge in [0, 0.05) is 11.1 Å². The van der Waals surface area contributed by atoms with Gasteiger partial charge in [-0.1, -0.05) is 42.5 Å². The molecule has 1 amide bonds. The molecular weight excluding hydrogens is 288 g/mol. The molecule has 0 unspecified atom stereocenters. The average Bonchev–Trinajstić information content (AvgIpc) is 3.03. The van der Waals surface area contributed by atoms with Crippen LogP contribution in [0.4, 0.5) is 0 Å². The van der Waals surface area contributed by atoms with Crippen molar-refractivity contribution in [2.75, 3.05) is 0 Å². The average molecular weight is 302 g/mol. The van der Waals surface area contributed by atoms with Gasteiger partial charge in [-0.2, -0.15) is 0 Å². The molecule has 5 nitrogen and oxygen atoms in total. The normalized spacial score (nSPS) is 11.0. The number of aromatic nitrogens is 2. The fourth-order valence-electron chi connectivity index (χ4n) is 2.79. The number of hydrogen-bond acceptors (Lipinski definition) is 3. The highest BCUT2D eigenvalue weighted by Crippen LogP contribution is 2.28. The molecule has 4 N–H and O–H groups in total. The van der Waals surface area contributed by atoms with E-state index in [1.165, 1.54) is 0 Å². The second-order valence-electron chi connectivity index (χ2n) is 5.32. The predicted molar refractivity (Wildman–Crippen MR) is 90.7 cm³/mol. The fraction of sp³-hybridized carbons (Fsp3) is 0. The summed E-state index contributed by atoms with van der Waals surface area (Å²) in [6, 6.07) is 19.6. The number of hydrogen-bond donors (Lipinski definition) is 3. The molecule has 0 aliphatic rings. The Balaban J connectivity index is 1.90. The van der Waals surface area contributed by atoms with Crippen molar-refractivity contribution in [2.24, 2.45) is 5.84 Å². The lowest BCUT2D eigenvalue weighted by Crippen LogP contribution is -2.29. The summed E-state index contributed by atoms with van der Waals surface area (Å²) in [5.41, 5.74) is 5.27. The third kappa shape index (κ3) is 2.23. The molecular formula is C18H14N4O. The van der Waals surface area contributed by atoms with Crippen LogP contribution in [0.25, 0.3) is 33.2 Å². The van der Waals surface area contributed by atoms with Crippen molar-refractivity contribution in [3.05, 3.63) is 66.2 Å². The van der Waals surface area contributed by atoms with E-state index >= 15 is 0 Å². The molecule has 4 aromatic rings. The van der Waals surface area contributed by atoms with E-state index in [1.54, 1.807) is 12.1 Å². The second-order valence-corrected chi connectivity index (χ2v) is 5.32. The number of nitrogens with zero attached hydrogens (tertiary/aromatic N) is 1. The molecule has 0 spiro atoms. The first-order valence-electron chi connectivity index (χ1n) is 7.25. The van der Waals surface area contributed by atoms with Gasteiger partial charge in [0.15, 0.2) is 0 Å². The van der Waals surface area contributed by atoms with Gasteiger partial charge >= 0.3 is 0 Å². The molecule has 0 bridgehead atoms. The minimum absolute atomic E-state index is 0.326. The minimum Gasteiger partial charge on any atom is -0.338 e. The van der Waals surface area contributed by atoms with E-state index in [0.717, 1.165) is 33.2 Å². The molecule has 1 heterocycles. The topological polar surface area (TPSA) is 83.8 Å². The number of aromatic amines is 1. The van der Waals surface area contributed by atoms with E-state index in [2.05, 4.69) is 33.6 Å². The molecule has 112 valence electrons. The molecule has 1 aromatic heterocycles. The summed E-state index contributed by atoms with van der Waals surface area (Å²) < 4.78 is 0. The van der Waals surface area contributed by atoms with Gasteiger partial charge in [0.1, 0.15) is 5.82 Å². The van der Waals surface area contributed by atoms with E-state index < -0.39 is 0 Å². The monoisotopic (exact) mass is 302 g/mol. The van der Waals surface area contributed by atoms with Crippen LogP contribution in [-0.2, 0) is 0 Å². The molecule has 0 saturated carbocycles. The lowest BCUT2D eigenvalue weighted by molar-refractivity contribution is 0.0954. The van der Waals surface area contributed by atoms with Crippen LogP contribution in [0.15, 0.2) is 60.7 Å². The fourth-order valence-corrected chi connectivity index (χ4v) is 2.79. The van der Waals surface area contributed by atoms with Crippen molar-refractivity contribution in [1.29, 1.82) is 0 Å². The Bertz CT molecular complexity index is 1030. The number of carbonyl (C=O) groups is 1. The largest absolute Gasteiger partial charge is 0.338 e. The maximum atomic E-state index is 11.6. The Hall–Kier alpha value is -3.18. The van der Waals surface area contributed by atoms with E-state index in [-0.39, 0.29) is 5.91 Å². The predicted octanol–water partition coefficient (Wildman–Crippen LogP) is 2.99. The van der Waals surface area contributed by atoms with Crippen molar-refractivity contribution in [3.8, 4) is 11.4 Å². The van der Waals surface area contributed by atoms with Crippen LogP contribution in [0.3, 0.4) is 0 Å². The van der Waals surface area contributed by atoms with Crippen LogP contribution in [0.2, 0.25) is 0 Å². The summed E-state index contributed by atoms with van der Waals surface area (Å²) in [5, 5.41) is 2.29. The van der Waals surface area contributed by atoms with Gasteiger partial charge in [-0.3, -0.25) is 10.2 Å². The molecule has 3 aromatic carbocycles. The highest BCUT2D eigenvalue weighted by atomic mass is 16.2. The maximum absolute atomic E-state index is 11.6. The zero-order chi connectivity index (χ0) is 15.8. The maximum Gasteiger partial charge on any atom is 0.265 e. The van der Waals surface area contributed by atoms with Gasteiger partial charge in [0.05, 0.1) is 11.0 Å². The number of nitrogens with two attached hydrogens (primary N) is 1. The minimum atomic E-state index is -0.326. The molecule has 0 atom stereocenters. The molecule has 4 rings (SSSR count). The molecule has 0 radical (unpaired) electrons. The van der Waals surface area contributed by atoms with E-state index in [0.29, 0.717) is 5.56 Å². The van der Waals surface area contributed by atoms with Crippen molar-refractivity contribution in [2.45, 2.75) is 0 Å². The molecule has 5 heteroatoms. The summed E-state index contributed by atoms with van der Waals surface area (Å²) in [4.78, 5) is 19.6. The van der Waals surface area contributed by atoms with Gasteiger partial charge in [-0.15, -0.1) is 0 Å². The van der Waals surface area contributed by atoms with Gasteiger partial charge in [0.2, 0.25) is 0 Å². The molecule has 0 fully saturated rings. The SMILES string of the molecule is NNC(=O)c1ccc2nc(-c3cccc4ccccc34)[nH]c2c1. The number of rotatable bonds is 2. The van der Waals surface area contributed by atoms with E-state index in [1.807, 2.05) is 30.3 Å². The lowest BCUT2D eigenvalue weighted by Gasteiger charge is -2.03. The number of fused-ring (bicyclic) bond motifs is 2. The van der Waals surface area contributed by atoms with Crippen LogP contribution in [0, 0.1) is 0 Å².